The van der Waals surface area contributed by atoms with Crippen LogP contribution < -0.4 is 5.32 Å². The summed E-state index contributed by atoms with van der Waals surface area (Å²) in [5, 5.41) is 3.68. The first-order chi connectivity index (χ1) is 8.86. The second-order valence-corrected chi connectivity index (χ2v) is 6.22. The average molecular weight is 271 g/mol. The van der Waals surface area contributed by atoms with Crippen LogP contribution >= 0.6 is 0 Å². The SMILES string of the molecule is CCOC(OCC)[Si]CCCNC1CCCCC1. The minimum Gasteiger partial charge on any atom is -0.357 e. The molecule has 0 amide bonds. The van der Waals surface area contributed by atoms with Gasteiger partial charge in [-0.25, -0.2) is 0 Å². The van der Waals surface area contributed by atoms with Crippen molar-refractivity contribution < 1.29 is 9.47 Å². The Kier molecular flexibility index (Phi) is 9.84. The summed E-state index contributed by atoms with van der Waals surface area (Å²) < 4.78 is 11.1. The molecular formula is C14H29NO2Si. The van der Waals surface area contributed by atoms with E-state index in [1.54, 1.807) is 0 Å². The van der Waals surface area contributed by atoms with Gasteiger partial charge in [0.05, 0.1) is 0 Å². The molecule has 106 valence electrons. The van der Waals surface area contributed by atoms with Gasteiger partial charge in [0.2, 0.25) is 0 Å². The van der Waals surface area contributed by atoms with Crippen LogP contribution in [0.2, 0.25) is 6.04 Å². The second kappa shape index (κ2) is 11.0. The van der Waals surface area contributed by atoms with Crippen LogP contribution in [0, 0.1) is 0 Å². The molecule has 3 nitrogen and oxygen atoms in total. The fourth-order valence-electron chi connectivity index (χ4n) is 2.39. The molecule has 0 unspecified atom stereocenters. The van der Waals surface area contributed by atoms with E-state index >= 15 is 0 Å². The van der Waals surface area contributed by atoms with Crippen molar-refractivity contribution in [1.29, 1.82) is 0 Å². The molecule has 0 aromatic carbocycles. The Morgan fingerprint density at radius 2 is 1.78 bits per heavy atom. The van der Waals surface area contributed by atoms with Crippen molar-refractivity contribution in [3.05, 3.63) is 0 Å². The van der Waals surface area contributed by atoms with Crippen LogP contribution in [0.15, 0.2) is 0 Å². The summed E-state index contributed by atoms with van der Waals surface area (Å²) in [5.74, 6) is 0.0367. The van der Waals surface area contributed by atoms with Gasteiger partial charge in [0.25, 0.3) is 0 Å². The van der Waals surface area contributed by atoms with E-state index < -0.39 is 0 Å². The highest BCUT2D eigenvalue weighted by molar-refractivity contribution is 6.36. The molecule has 1 saturated carbocycles. The first kappa shape index (κ1) is 16.2. The Bertz CT molecular complexity index is 181. The summed E-state index contributed by atoms with van der Waals surface area (Å²) in [5.41, 5.74) is 0. The van der Waals surface area contributed by atoms with Crippen LogP contribution in [0.25, 0.3) is 0 Å². The van der Waals surface area contributed by atoms with Crippen molar-refractivity contribution >= 4 is 9.52 Å². The van der Waals surface area contributed by atoms with Gasteiger partial charge in [-0.15, -0.1) is 0 Å². The van der Waals surface area contributed by atoms with E-state index in [1.807, 2.05) is 13.8 Å². The van der Waals surface area contributed by atoms with Crippen LogP contribution in [0.5, 0.6) is 0 Å². The lowest BCUT2D eigenvalue weighted by atomic mass is 9.95. The Balaban J connectivity index is 1.95. The summed E-state index contributed by atoms with van der Waals surface area (Å²) >= 11 is 0. The van der Waals surface area contributed by atoms with Gasteiger partial charge in [0, 0.05) is 19.3 Å². The van der Waals surface area contributed by atoms with Crippen LogP contribution in [0.4, 0.5) is 0 Å². The van der Waals surface area contributed by atoms with Gasteiger partial charge in [-0.3, -0.25) is 0 Å². The Labute approximate surface area is 115 Å². The Morgan fingerprint density at radius 3 is 2.39 bits per heavy atom. The summed E-state index contributed by atoms with van der Waals surface area (Å²) in [6.07, 6.45) is 8.26. The van der Waals surface area contributed by atoms with E-state index in [-0.39, 0.29) is 5.91 Å². The molecule has 0 spiro atoms. The van der Waals surface area contributed by atoms with Crippen LogP contribution in [0.3, 0.4) is 0 Å². The van der Waals surface area contributed by atoms with E-state index in [4.69, 9.17) is 9.47 Å². The second-order valence-electron chi connectivity index (χ2n) is 4.84. The standard InChI is InChI=1S/C14H29NO2Si/c1-3-16-14(17-4-2)18-12-8-11-15-13-9-6-5-7-10-13/h13-15H,3-12H2,1-2H3. The highest BCUT2D eigenvalue weighted by Crippen LogP contribution is 2.17. The lowest BCUT2D eigenvalue weighted by molar-refractivity contribution is -0.0827. The molecular weight excluding hydrogens is 242 g/mol. The topological polar surface area (TPSA) is 30.5 Å². The van der Waals surface area contributed by atoms with E-state index in [0.717, 1.165) is 35.3 Å². The van der Waals surface area contributed by atoms with Crippen LogP contribution in [0.1, 0.15) is 52.4 Å². The largest absolute Gasteiger partial charge is 0.357 e. The van der Waals surface area contributed by atoms with Gasteiger partial charge >= 0.3 is 0 Å². The molecule has 1 fully saturated rings. The summed E-state index contributed by atoms with van der Waals surface area (Å²) in [6, 6.07) is 2.00. The third kappa shape index (κ3) is 7.51. The fraction of sp³-hybridized carbons (Fsp3) is 1.00. The van der Waals surface area contributed by atoms with Crippen molar-refractivity contribution in [2.24, 2.45) is 0 Å². The van der Waals surface area contributed by atoms with E-state index in [2.05, 4.69) is 5.32 Å². The lowest BCUT2D eigenvalue weighted by Gasteiger charge is -2.23. The van der Waals surface area contributed by atoms with Gasteiger partial charge in [-0.1, -0.05) is 25.3 Å². The molecule has 0 aromatic rings. The third-order valence-corrected chi connectivity index (χ3v) is 4.65. The number of nitrogens with one attached hydrogen (secondary N) is 1. The van der Waals surface area contributed by atoms with Gasteiger partial charge in [-0.2, -0.15) is 0 Å². The van der Waals surface area contributed by atoms with Crippen LogP contribution in [-0.2, 0) is 9.47 Å². The predicted octanol–water partition coefficient (Wildman–Crippen LogP) is 2.78. The maximum Gasteiger partial charge on any atom is 0.137 e. The average Bonchev–Trinajstić information content (AvgIpc) is 2.40. The fourth-order valence-corrected chi connectivity index (χ4v) is 3.58. The quantitative estimate of drug-likeness (QED) is 0.376. The normalized spacial score (nSPS) is 17.5. The van der Waals surface area contributed by atoms with Crippen LogP contribution in [-0.4, -0.2) is 41.2 Å². The van der Waals surface area contributed by atoms with Crippen molar-refractivity contribution in [2.75, 3.05) is 19.8 Å². The number of hydrogen-bond acceptors (Lipinski definition) is 3. The maximum absolute atomic E-state index is 5.55. The molecule has 0 saturated heterocycles. The number of ether oxygens (including phenoxy) is 2. The molecule has 4 heteroatoms. The zero-order valence-corrected chi connectivity index (χ0v) is 13.0. The third-order valence-electron chi connectivity index (χ3n) is 3.34. The molecule has 0 bridgehead atoms. The molecule has 0 heterocycles. The van der Waals surface area contributed by atoms with E-state index in [0.29, 0.717) is 0 Å². The molecule has 0 aromatic heterocycles. The molecule has 1 N–H and O–H groups in total. The smallest absolute Gasteiger partial charge is 0.137 e. The predicted molar refractivity (Wildman–Crippen MR) is 77.1 cm³/mol. The van der Waals surface area contributed by atoms with Gasteiger partial charge in [0.15, 0.2) is 0 Å². The molecule has 1 aliphatic rings. The van der Waals surface area contributed by atoms with Gasteiger partial charge in [-0.05, 0) is 39.7 Å². The zero-order valence-electron chi connectivity index (χ0n) is 12.0. The monoisotopic (exact) mass is 271 g/mol. The number of rotatable bonds is 10. The first-order valence-electron chi connectivity index (χ1n) is 7.56. The van der Waals surface area contributed by atoms with Crippen molar-refractivity contribution in [3.63, 3.8) is 0 Å². The highest BCUT2D eigenvalue weighted by Gasteiger charge is 2.12. The Hall–Kier alpha value is 0.0969. The maximum atomic E-state index is 5.55. The number of hydrogen-bond donors (Lipinski definition) is 1. The molecule has 2 radical (unpaired) electrons. The molecule has 1 aliphatic carbocycles. The van der Waals surface area contributed by atoms with Gasteiger partial charge < -0.3 is 14.8 Å². The summed E-state index contributed by atoms with van der Waals surface area (Å²) in [4.78, 5) is 0. The molecule has 1 rings (SSSR count). The van der Waals surface area contributed by atoms with Crippen molar-refractivity contribution in [2.45, 2.75) is 70.4 Å². The van der Waals surface area contributed by atoms with Gasteiger partial charge in [0.1, 0.15) is 15.4 Å². The lowest BCUT2D eigenvalue weighted by Crippen LogP contribution is -2.32. The van der Waals surface area contributed by atoms with E-state index in [1.165, 1.54) is 44.6 Å². The molecule has 0 atom stereocenters. The Morgan fingerprint density at radius 1 is 1.11 bits per heavy atom. The zero-order chi connectivity index (χ0) is 13.1. The highest BCUT2D eigenvalue weighted by atomic mass is 28.2. The first-order valence-corrected chi connectivity index (χ1v) is 8.85. The molecule has 18 heavy (non-hydrogen) atoms. The van der Waals surface area contributed by atoms with Crippen molar-refractivity contribution in [3.8, 4) is 0 Å². The minimum absolute atomic E-state index is 0.0367. The summed E-state index contributed by atoms with van der Waals surface area (Å²) in [6.45, 7) is 6.71. The molecule has 0 aliphatic heterocycles. The van der Waals surface area contributed by atoms with Crippen molar-refractivity contribution in [1.82, 2.24) is 5.32 Å². The minimum atomic E-state index is 0.0367. The van der Waals surface area contributed by atoms with E-state index in [9.17, 15) is 0 Å². The summed E-state index contributed by atoms with van der Waals surface area (Å²) in [7, 11) is 0.772.